The molecule has 0 unspecified atom stereocenters. The first-order chi connectivity index (χ1) is 14.5. The van der Waals surface area contributed by atoms with E-state index in [1.807, 2.05) is 42.2 Å². The fraction of sp³-hybridized carbons (Fsp3) is 0.476. The Bertz CT molecular complexity index is 977. The van der Waals surface area contributed by atoms with Gasteiger partial charge in [0, 0.05) is 26.2 Å². The van der Waals surface area contributed by atoms with Gasteiger partial charge in [-0.05, 0) is 18.4 Å². The minimum Gasteiger partial charge on any atom is -0.383 e. The Kier molecular flexibility index (Phi) is 7.29. The van der Waals surface area contributed by atoms with Crippen LogP contribution in [0.25, 0.3) is 0 Å². The Morgan fingerprint density at radius 2 is 1.83 bits per heavy atom. The smallest absolute Gasteiger partial charge is 0.333 e. The van der Waals surface area contributed by atoms with Crippen LogP contribution in [0.3, 0.4) is 0 Å². The van der Waals surface area contributed by atoms with Gasteiger partial charge in [-0.1, -0.05) is 37.3 Å². The average molecular weight is 415 g/mol. The highest BCUT2D eigenvalue weighted by molar-refractivity contribution is 5.76. The largest absolute Gasteiger partial charge is 0.383 e. The lowest BCUT2D eigenvalue weighted by molar-refractivity contribution is -0.121. The van der Waals surface area contributed by atoms with Crippen molar-refractivity contribution in [1.29, 1.82) is 0 Å². The maximum absolute atomic E-state index is 13.1. The van der Waals surface area contributed by atoms with Crippen molar-refractivity contribution in [3.05, 3.63) is 56.7 Å². The molecule has 1 aliphatic rings. The molecule has 1 amide bonds. The Morgan fingerprint density at radius 1 is 1.13 bits per heavy atom. The van der Waals surface area contributed by atoms with Crippen LogP contribution in [0.5, 0.6) is 0 Å². The average Bonchev–Trinajstić information content (AvgIpc) is 2.76. The van der Waals surface area contributed by atoms with E-state index in [9.17, 15) is 14.4 Å². The first-order valence-corrected chi connectivity index (χ1v) is 10.3. The van der Waals surface area contributed by atoms with Crippen molar-refractivity contribution in [2.75, 3.05) is 43.5 Å². The Balaban J connectivity index is 1.82. The quantitative estimate of drug-likeness (QED) is 0.637. The van der Waals surface area contributed by atoms with Crippen LogP contribution in [0.15, 0.2) is 39.9 Å². The molecule has 1 aromatic carbocycles. The lowest BCUT2D eigenvalue weighted by Crippen LogP contribution is -2.49. The minimum atomic E-state index is -0.561. The van der Waals surface area contributed by atoms with Crippen molar-refractivity contribution in [1.82, 2.24) is 14.5 Å². The molecule has 9 heteroatoms. The summed E-state index contributed by atoms with van der Waals surface area (Å²) in [5, 5.41) is 2.79. The van der Waals surface area contributed by atoms with Gasteiger partial charge in [-0.25, -0.2) is 9.36 Å². The maximum Gasteiger partial charge on any atom is 0.333 e. The molecular weight excluding hydrogens is 386 g/mol. The van der Waals surface area contributed by atoms with E-state index in [2.05, 4.69) is 5.32 Å². The predicted molar refractivity (Wildman–Crippen MR) is 116 cm³/mol. The fourth-order valence-electron chi connectivity index (χ4n) is 3.55. The summed E-state index contributed by atoms with van der Waals surface area (Å²) < 4.78 is 7.71. The summed E-state index contributed by atoms with van der Waals surface area (Å²) in [6, 6.07) is 9.77. The molecule has 0 bridgehead atoms. The third-order valence-corrected chi connectivity index (χ3v) is 5.10. The molecule has 0 aliphatic carbocycles. The summed E-state index contributed by atoms with van der Waals surface area (Å²) in [7, 11) is 0. The molecule has 9 nitrogen and oxygen atoms in total. The number of carbonyl (C=O) groups excluding carboxylic acids is 1. The number of nitrogens with one attached hydrogen (secondary N) is 1. The highest BCUT2D eigenvalue weighted by atomic mass is 16.5. The van der Waals surface area contributed by atoms with Crippen molar-refractivity contribution >= 4 is 17.4 Å². The van der Waals surface area contributed by atoms with Gasteiger partial charge < -0.3 is 20.7 Å². The second-order valence-electron chi connectivity index (χ2n) is 7.24. The summed E-state index contributed by atoms with van der Waals surface area (Å²) in [6.07, 6.45) is 1.34. The van der Waals surface area contributed by atoms with Crippen molar-refractivity contribution in [2.24, 2.45) is 0 Å². The standard InChI is InChI=1S/C21H29N5O4/c1-2-10-25-19(22)18(24-11-13-30-14-12-24)20(28)26(21(25)29)15-17(27)23-9-8-16-6-4-3-5-7-16/h3-7H,2,8-15,22H2,1H3,(H,23,27). The molecule has 1 fully saturated rings. The third kappa shape index (κ3) is 4.91. The molecule has 0 spiro atoms. The molecule has 0 atom stereocenters. The number of benzene rings is 1. The number of hydrogen-bond donors (Lipinski definition) is 2. The van der Waals surface area contributed by atoms with E-state index in [-0.39, 0.29) is 24.0 Å². The van der Waals surface area contributed by atoms with Gasteiger partial charge in [0.2, 0.25) is 5.91 Å². The molecule has 1 aromatic heterocycles. The number of nitrogens with two attached hydrogens (primary N) is 1. The lowest BCUT2D eigenvalue weighted by atomic mass is 10.1. The van der Waals surface area contributed by atoms with E-state index in [0.717, 1.165) is 10.1 Å². The monoisotopic (exact) mass is 415 g/mol. The molecule has 3 N–H and O–H groups in total. The number of nitrogen functional groups attached to an aromatic ring is 1. The van der Waals surface area contributed by atoms with Gasteiger partial charge in [0.1, 0.15) is 18.1 Å². The van der Waals surface area contributed by atoms with Crippen LogP contribution >= 0.6 is 0 Å². The second kappa shape index (κ2) is 10.1. The third-order valence-electron chi connectivity index (χ3n) is 5.10. The summed E-state index contributed by atoms with van der Waals surface area (Å²) >= 11 is 0. The predicted octanol–water partition coefficient (Wildman–Crippen LogP) is 0.198. The van der Waals surface area contributed by atoms with Crippen LogP contribution in [0, 0.1) is 0 Å². The zero-order chi connectivity index (χ0) is 21.5. The van der Waals surface area contributed by atoms with Crippen molar-refractivity contribution in [3.8, 4) is 0 Å². The van der Waals surface area contributed by atoms with E-state index in [1.165, 1.54) is 4.57 Å². The zero-order valence-corrected chi connectivity index (χ0v) is 17.3. The number of carbonyl (C=O) groups is 1. The number of ether oxygens (including phenoxy) is 1. The second-order valence-corrected chi connectivity index (χ2v) is 7.24. The van der Waals surface area contributed by atoms with E-state index in [1.54, 1.807) is 0 Å². The van der Waals surface area contributed by atoms with Crippen LogP contribution < -0.4 is 27.2 Å². The van der Waals surface area contributed by atoms with Crippen LogP contribution in [-0.2, 0) is 29.0 Å². The number of morpholine rings is 1. The number of anilines is 2. The summed E-state index contributed by atoms with van der Waals surface area (Å²) in [4.78, 5) is 40.3. The van der Waals surface area contributed by atoms with Crippen molar-refractivity contribution < 1.29 is 9.53 Å². The van der Waals surface area contributed by atoms with Gasteiger partial charge in [0.25, 0.3) is 5.56 Å². The van der Waals surface area contributed by atoms with Crippen LogP contribution in [0.2, 0.25) is 0 Å². The SMILES string of the molecule is CCCn1c(N)c(N2CCOCC2)c(=O)n(CC(=O)NCCc2ccccc2)c1=O. The van der Waals surface area contributed by atoms with Crippen molar-refractivity contribution in [2.45, 2.75) is 32.9 Å². The zero-order valence-electron chi connectivity index (χ0n) is 17.3. The summed E-state index contributed by atoms with van der Waals surface area (Å²) in [5.74, 6) is -0.236. The molecule has 2 heterocycles. The summed E-state index contributed by atoms with van der Waals surface area (Å²) in [6.45, 7) is 4.35. The molecule has 30 heavy (non-hydrogen) atoms. The van der Waals surface area contributed by atoms with Gasteiger partial charge in [-0.2, -0.15) is 0 Å². The van der Waals surface area contributed by atoms with E-state index >= 15 is 0 Å². The van der Waals surface area contributed by atoms with Crippen LogP contribution in [0.1, 0.15) is 18.9 Å². The van der Waals surface area contributed by atoms with Gasteiger partial charge >= 0.3 is 5.69 Å². The first kappa shape index (κ1) is 21.6. The Morgan fingerprint density at radius 3 is 2.50 bits per heavy atom. The normalized spacial score (nSPS) is 14.0. The number of amides is 1. The number of rotatable bonds is 8. The van der Waals surface area contributed by atoms with E-state index in [4.69, 9.17) is 10.5 Å². The van der Waals surface area contributed by atoms with E-state index in [0.29, 0.717) is 52.2 Å². The Labute approximate surface area is 175 Å². The highest BCUT2D eigenvalue weighted by Crippen LogP contribution is 2.18. The fourth-order valence-corrected chi connectivity index (χ4v) is 3.55. The molecule has 1 saturated heterocycles. The molecule has 0 saturated carbocycles. The van der Waals surface area contributed by atoms with Crippen LogP contribution in [-0.4, -0.2) is 47.9 Å². The Hall–Kier alpha value is -3.07. The lowest BCUT2D eigenvalue weighted by Gasteiger charge is -2.30. The maximum atomic E-state index is 13.1. The number of aromatic nitrogens is 2. The van der Waals surface area contributed by atoms with Gasteiger partial charge in [-0.3, -0.25) is 14.2 Å². The molecular formula is C21H29N5O4. The molecule has 0 radical (unpaired) electrons. The van der Waals surface area contributed by atoms with Crippen LogP contribution in [0.4, 0.5) is 11.5 Å². The van der Waals surface area contributed by atoms with Gasteiger partial charge in [-0.15, -0.1) is 0 Å². The summed E-state index contributed by atoms with van der Waals surface area (Å²) in [5.41, 5.74) is 6.48. The first-order valence-electron chi connectivity index (χ1n) is 10.3. The molecule has 1 aliphatic heterocycles. The van der Waals surface area contributed by atoms with Crippen molar-refractivity contribution in [3.63, 3.8) is 0 Å². The number of hydrogen-bond acceptors (Lipinski definition) is 6. The molecule has 162 valence electrons. The van der Waals surface area contributed by atoms with Gasteiger partial charge in [0.05, 0.1) is 13.2 Å². The molecule has 3 rings (SSSR count). The topological polar surface area (TPSA) is 112 Å². The van der Waals surface area contributed by atoms with E-state index < -0.39 is 11.2 Å². The highest BCUT2D eigenvalue weighted by Gasteiger charge is 2.24. The van der Waals surface area contributed by atoms with Gasteiger partial charge in [0.15, 0.2) is 0 Å². The molecule has 2 aromatic rings. The number of nitrogens with zero attached hydrogens (tertiary/aromatic N) is 3. The minimum absolute atomic E-state index is 0.148.